The molecule has 3 aliphatic heterocycles. The fraction of sp³-hybridized carbons (Fsp3) is 0.636. The Labute approximate surface area is 178 Å². The highest BCUT2D eigenvalue weighted by Crippen LogP contribution is 2.86. The lowest BCUT2D eigenvalue weighted by Crippen LogP contribution is -2.48. The number of hydrogen-bond donors (Lipinski definition) is 1. The lowest BCUT2D eigenvalue weighted by Gasteiger charge is -2.34. The minimum absolute atomic E-state index is 0.0439. The molecule has 8 rings (SSSR count). The first kappa shape index (κ1) is 18.3. The third kappa shape index (κ3) is 2.44. The summed E-state index contributed by atoms with van der Waals surface area (Å²) < 4.78 is 37.7. The van der Waals surface area contributed by atoms with Crippen LogP contribution in [-0.2, 0) is 16.7 Å². The summed E-state index contributed by atoms with van der Waals surface area (Å²) in [5.41, 5.74) is 8.68. The number of fused-ring (bicyclic) bond motifs is 1. The fourth-order valence-electron chi connectivity index (χ4n) is 6.39. The Morgan fingerprint density at radius 2 is 2.13 bits per heavy atom. The molecular weight excluding hydrogens is 404 g/mol. The molecule has 0 radical (unpaired) electrons. The minimum Gasteiger partial charge on any atom is -0.431 e. The molecule has 1 unspecified atom stereocenters. The van der Waals surface area contributed by atoms with Crippen molar-refractivity contribution in [3.63, 3.8) is 0 Å². The van der Waals surface area contributed by atoms with E-state index in [0.717, 1.165) is 37.9 Å². The van der Waals surface area contributed by atoms with Crippen LogP contribution in [0.3, 0.4) is 0 Å². The first-order chi connectivity index (χ1) is 15.1. The van der Waals surface area contributed by atoms with Gasteiger partial charge in [-0.15, -0.1) is 0 Å². The summed E-state index contributed by atoms with van der Waals surface area (Å²) in [7, 11) is 0. The number of rotatable bonds is 7. The first-order valence-electron chi connectivity index (χ1n) is 11.2. The van der Waals surface area contributed by atoms with Crippen LogP contribution in [0.15, 0.2) is 18.3 Å². The number of nitrogens with zero attached hydrogens (tertiary/aromatic N) is 4. The molecule has 7 nitrogen and oxygen atoms in total. The van der Waals surface area contributed by atoms with E-state index in [9.17, 15) is 8.78 Å². The van der Waals surface area contributed by atoms with E-state index in [2.05, 4.69) is 25.4 Å². The van der Waals surface area contributed by atoms with E-state index in [1.165, 1.54) is 31.0 Å². The van der Waals surface area contributed by atoms with Crippen LogP contribution in [0.1, 0.15) is 25.0 Å². The van der Waals surface area contributed by atoms with E-state index in [1.807, 2.05) is 0 Å². The van der Waals surface area contributed by atoms with Crippen LogP contribution in [-0.4, -0.2) is 58.1 Å². The average molecular weight is 429 g/mol. The number of nitrogen functional groups attached to an aromatic ring is 1. The number of anilines is 1. The summed E-state index contributed by atoms with van der Waals surface area (Å²) in [6.07, 6.45) is 5.38. The number of aromatic nitrogens is 3. The highest BCUT2D eigenvalue weighted by atomic mass is 19.3. The molecule has 2 aromatic rings. The molecule has 2 aromatic heterocycles. The van der Waals surface area contributed by atoms with Crippen LogP contribution < -0.4 is 10.5 Å². The van der Waals surface area contributed by atoms with Crippen molar-refractivity contribution >= 4 is 5.82 Å². The summed E-state index contributed by atoms with van der Waals surface area (Å²) in [5.74, 6) is 1.98. The van der Waals surface area contributed by atoms with Gasteiger partial charge in [0.05, 0.1) is 24.9 Å². The normalized spacial score (nSPS) is 33.8. The second-order valence-electron chi connectivity index (χ2n) is 9.78. The first-order valence-corrected chi connectivity index (χ1v) is 11.2. The van der Waals surface area contributed by atoms with Gasteiger partial charge in [0.15, 0.2) is 11.6 Å². The van der Waals surface area contributed by atoms with Gasteiger partial charge in [-0.2, -0.15) is 13.9 Å². The van der Waals surface area contributed by atoms with Gasteiger partial charge in [-0.05, 0) is 42.7 Å². The molecule has 9 heteroatoms. The zero-order valence-electron chi connectivity index (χ0n) is 17.1. The van der Waals surface area contributed by atoms with Crippen LogP contribution in [0.25, 0.3) is 11.3 Å². The van der Waals surface area contributed by atoms with Crippen LogP contribution >= 0.6 is 0 Å². The summed E-state index contributed by atoms with van der Waals surface area (Å²) in [4.78, 5) is 6.72. The SMILES string of the molecule is Nc1ncc(-c2cc([C@@]34C5[C@H]3[C@H]4CN5C3COC3)n(CC3CCC3)n2)cc1OC(F)F. The number of hydrogen-bond acceptors (Lipinski definition) is 6. The summed E-state index contributed by atoms with van der Waals surface area (Å²) in [6.45, 7) is 0.841. The maximum atomic E-state index is 12.8. The molecule has 0 amide bonds. The molecule has 0 spiro atoms. The molecule has 6 aliphatic rings. The van der Waals surface area contributed by atoms with E-state index in [0.29, 0.717) is 29.5 Å². The van der Waals surface area contributed by atoms with Gasteiger partial charge in [0.1, 0.15) is 0 Å². The predicted octanol–water partition coefficient (Wildman–Crippen LogP) is 2.51. The van der Waals surface area contributed by atoms with Gasteiger partial charge in [-0.3, -0.25) is 9.58 Å². The van der Waals surface area contributed by atoms with Crippen molar-refractivity contribution < 1.29 is 18.3 Å². The number of pyridine rings is 1. The highest BCUT2D eigenvalue weighted by molar-refractivity contribution is 5.66. The monoisotopic (exact) mass is 429 g/mol. The zero-order valence-corrected chi connectivity index (χ0v) is 17.1. The van der Waals surface area contributed by atoms with Crippen molar-refractivity contribution in [1.82, 2.24) is 19.7 Å². The predicted molar refractivity (Wildman–Crippen MR) is 108 cm³/mol. The third-order valence-corrected chi connectivity index (χ3v) is 8.34. The maximum Gasteiger partial charge on any atom is 0.387 e. The van der Waals surface area contributed by atoms with Crippen LogP contribution in [0.5, 0.6) is 5.75 Å². The van der Waals surface area contributed by atoms with E-state index in [4.69, 9.17) is 15.6 Å². The van der Waals surface area contributed by atoms with E-state index in [1.54, 1.807) is 6.20 Å². The van der Waals surface area contributed by atoms with Gasteiger partial charge in [-0.25, -0.2) is 4.98 Å². The Morgan fingerprint density at radius 1 is 1.29 bits per heavy atom. The molecule has 164 valence electrons. The number of piperidine rings is 1. The molecule has 6 fully saturated rings. The highest BCUT2D eigenvalue weighted by Gasteiger charge is 2.93. The Hall–Kier alpha value is -2.26. The topological polar surface area (TPSA) is 78.4 Å². The lowest BCUT2D eigenvalue weighted by atomic mass is 9.85. The number of halogens is 2. The van der Waals surface area contributed by atoms with Crippen molar-refractivity contribution in [3.05, 3.63) is 24.0 Å². The Bertz CT molecular complexity index is 1050. The van der Waals surface area contributed by atoms with Crippen LogP contribution in [0.4, 0.5) is 14.6 Å². The minimum atomic E-state index is -2.94. The van der Waals surface area contributed by atoms with Gasteiger partial charge in [0.2, 0.25) is 0 Å². The molecule has 0 aromatic carbocycles. The van der Waals surface area contributed by atoms with E-state index < -0.39 is 6.61 Å². The average Bonchev–Trinajstić information content (AvgIpc) is 3.24. The summed E-state index contributed by atoms with van der Waals surface area (Å²) in [5, 5.41) is 4.94. The van der Waals surface area contributed by atoms with Crippen molar-refractivity contribution in [2.75, 3.05) is 25.5 Å². The van der Waals surface area contributed by atoms with Crippen LogP contribution in [0.2, 0.25) is 0 Å². The quantitative estimate of drug-likeness (QED) is 0.729. The Kier molecular flexibility index (Phi) is 3.64. The van der Waals surface area contributed by atoms with E-state index in [-0.39, 0.29) is 17.0 Å². The Morgan fingerprint density at radius 3 is 2.77 bits per heavy atom. The molecule has 5 heterocycles. The van der Waals surface area contributed by atoms with Gasteiger partial charge in [-0.1, -0.05) is 6.42 Å². The Balaban J connectivity index is 1.23. The van der Waals surface area contributed by atoms with Crippen molar-refractivity contribution in [1.29, 1.82) is 0 Å². The molecule has 31 heavy (non-hydrogen) atoms. The fourth-order valence-corrected chi connectivity index (χ4v) is 6.39. The standard InChI is InChI=1S/C22H25F2N5O2/c23-21(24)31-16-4-12(6-26-20(16)25)15-5-17(29(27-15)7-11-2-1-3-11)22-14-8-28(13-9-30-10-13)19(22)18(14)22/h4-6,11,13-14,18-19,21H,1-3,7-10H2,(H2,25,26)/t14-,18-,19?,22-/m1/s1. The molecule has 3 aliphatic carbocycles. The van der Waals surface area contributed by atoms with Crippen molar-refractivity contribution in [2.45, 2.75) is 49.9 Å². The second kappa shape index (κ2) is 6.16. The molecule has 2 bridgehead atoms. The molecule has 3 saturated carbocycles. The van der Waals surface area contributed by atoms with Crippen LogP contribution in [0, 0.1) is 17.8 Å². The van der Waals surface area contributed by atoms with Gasteiger partial charge >= 0.3 is 6.61 Å². The molecule has 3 saturated heterocycles. The second-order valence-corrected chi connectivity index (χ2v) is 9.78. The lowest BCUT2D eigenvalue weighted by molar-refractivity contribution is -0.0601. The number of ether oxygens (including phenoxy) is 2. The van der Waals surface area contributed by atoms with Gasteiger partial charge in [0.25, 0.3) is 0 Å². The van der Waals surface area contributed by atoms with Crippen molar-refractivity contribution in [2.24, 2.45) is 17.8 Å². The molecule has 4 atom stereocenters. The number of alkyl halides is 2. The zero-order chi connectivity index (χ0) is 20.9. The number of nitrogens with two attached hydrogens (primary N) is 1. The third-order valence-electron chi connectivity index (χ3n) is 8.34. The maximum absolute atomic E-state index is 12.8. The van der Waals surface area contributed by atoms with Gasteiger partial charge in [0, 0.05) is 42.0 Å². The summed E-state index contributed by atoms with van der Waals surface area (Å²) >= 11 is 0. The summed E-state index contributed by atoms with van der Waals surface area (Å²) in [6, 6.07) is 4.86. The van der Waals surface area contributed by atoms with Crippen molar-refractivity contribution in [3.8, 4) is 17.0 Å². The molecule has 2 N–H and O–H groups in total. The largest absolute Gasteiger partial charge is 0.431 e. The molecular formula is C22H25F2N5O2. The van der Waals surface area contributed by atoms with E-state index >= 15 is 0 Å². The van der Waals surface area contributed by atoms with Gasteiger partial charge < -0.3 is 15.2 Å². The smallest absolute Gasteiger partial charge is 0.387 e.